The van der Waals surface area contributed by atoms with E-state index in [-0.39, 0.29) is 6.10 Å². The van der Waals surface area contributed by atoms with E-state index in [2.05, 4.69) is 27.8 Å². The highest BCUT2D eigenvalue weighted by Crippen LogP contribution is 2.57. The first-order chi connectivity index (χ1) is 14.1. The summed E-state index contributed by atoms with van der Waals surface area (Å²) in [4.78, 5) is 20.4. The van der Waals surface area contributed by atoms with E-state index in [0.717, 1.165) is 42.1 Å². The molecule has 7 heteroatoms. The van der Waals surface area contributed by atoms with E-state index in [9.17, 15) is 4.79 Å². The molecule has 1 aromatic carbocycles. The number of anilines is 1. The molecule has 2 heterocycles. The minimum atomic E-state index is -0.506. The fraction of sp³-hybridized carbons (Fsp3) is 0.318. The first-order valence-corrected chi connectivity index (χ1v) is 10.7. The molecule has 0 unspecified atom stereocenters. The van der Waals surface area contributed by atoms with Crippen LogP contribution < -0.4 is 15.8 Å². The van der Waals surface area contributed by atoms with Crippen LogP contribution in [0, 0.1) is 5.41 Å². The standard InChI is InChI=1S/C22H22N4O2S/c23-19(27)17-7-4-8-24-20(17)28-16-11-22(12-16)9-15(10-22)25-21-26-18(13-29-21)14-5-2-1-3-6-14/h1-8,13,15-16H,9-12H2,(H2,23,27)(H,25,26). The van der Waals surface area contributed by atoms with Gasteiger partial charge in [0.05, 0.1) is 5.69 Å². The second kappa shape index (κ2) is 7.15. The third kappa shape index (κ3) is 3.58. The number of hydrogen-bond acceptors (Lipinski definition) is 6. The first kappa shape index (κ1) is 18.1. The summed E-state index contributed by atoms with van der Waals surface area (Å²) >= 11 is 1.66. The number of pyridine rings is 1. The number of primary amides is 1. The van der Waals surface area contributed by atoms with Crippen molar-refractivity contribution in [2.75, 3.05) is 5.32 Å². The summed E-state index contributed by atoms with van der Waals surface area (Å²) in [5.74, 6) is -0.154. The molecule has 0 saturated heterocycles. The minimum absolute atomic E-state index is 0.105. The van der Waals surface area contributed by atoms with Crippen molar-refractivity contribution in [2.45, 2.75) is 37.8 Å². The Morgan fingerprint density at radius 3 is 2.69 bits per heavy atom. The van der Waals surface area contributed by atoms with Crippen LogP contribution in [0.3, 0.4) is 0 Å². The lowest BCUT2D eigenvalue weighted by molar-refractivity contribution is -0.0759. The maximum absolute atomic E-state index is 11.5. The van der Waals surface area contributed by atoms with Gasteiger partial charge in [0.25, 0.3) is 5.91 Å². The predicted molar refractivity (Wildman–Crippen MR) is 113 cm³/mol. The summed E-state index contributed by atoms with van der Waals surface area (Å²) in [6.45, 7) is 0. The Hall–Kier alpha value is -2.93. The Bertz CT molecular complexity index is 1020. The lowest BCUT2D eigenvalue weighted by Crippen LogP contribution is -2.56. The normalized spacial score (nSPS) is 25.1. The summed E-state index contributed by atoms with van der Waals surface area (Å²) in [6.07, 6.45) is 5.96. The van der Waals surface area contributed by atoms with Crippen LogP contribution in [-0.4, -0.2) is 28.0 Å². The number of hydrogen-bond donors (Lipinski definition) is 2. The summed E-state index contributed by atoms with van der Waals surface area (Å²) < 4.78 is 5.94. The highest BCUT2D eigenvalue weighted by Gasteiger charge is 2.54. The van der Waals surface area contributed by atoms with Crippen molar-refractivity contribution < 1.29 is 9.53 Å². The molecular formula is C22H22N4O2S. The van der Waals surface area contributed by atoms with Gasteiger partial charge in [-0.3, -0.25) is 4.79 Å². The van der Waals surface area contributed by atoms with E-state index in [0.29, 0.717) is 22.9 Å². The Morgan fingerprint density at radius 1 is 1.14 bits per heavy atom. The molecule has 1 amide bonds. The highest BCUT2D eigenvalue weighted by molar-refractivity contribution is 7.14. The van der Waals surface area contributed by atoms with Gasteiger partial charge >= 0.3 is 0 Å². The van der Waals surface area contributed by atoms with Gasteiger partial charge < -0.3 is 15.8 Å². The zero-order valence-corrected chi connectivity index (χ0v) is 16.7. The number of amides is 1. The molecular weight excluding hydrogens is 384 g/mol. The fourth-order valence-corrected chi connectivity index (χ4v) is 5.29. The molecule has 2 aromatic heterocycles. The van der Waals surface area contributed by atoms with E-state index in [1.54, 1.807) is 29.7 Å². The van der Waals surface area contributed by atoms with Crippen LogP contribution in [0.25, 0.3) is 11.3 Å². The fourth-order valence-electron chi connectivity index (χ4n) is 4.50. The Labute approximate surface area is 173 Å². The highest BCUT2D eigenvalue weighted by atomic mass is 32.1. The van der Waals surface area contributed by atoms with Crippen molar-refractivity contribution >= 4 is 22.4 Å². The number of rotatable bonds is 6. The van der Waals surface area contributed by atoms with Gasteiger partial charge in [0.15, 0.2) is 5.13 Å². The topological polar surface area (TPSA) is 90.1 Å². The molecule has 148 valence electrons. The van der Waals surface area contributed by atoms with Crippen molar-refractivity contribution in [3.05, 3.63) is 59.6 Å². The average molecular weight is 407 g/mol. The molecule has 0 atom stereocenters. The Kier molecular flexibility index (Phi) is 4.47. The SMILES string of the molecule is NC(=O)c1cccnc1OC1CC2(CC(Nc3nc(-c4ccccc4)cs3)C2)C1. The molecule has 0 bridgehead atoms. The Balaban J connectivity index is 1.12. The lowest BCUT2D eigenvalue weighted by Gasteiger charge is -2.57. The van der Waals surface area contributed by atoms with Crippen LogP contribution in [0.15, 0.2) is 54.0 Å². The Morgan fingerprint density at radius 2 is 1.93 bits per heavy atom. The van der Waals surface area contributed by atoms with Gasteiger partial charge in [-0.15, -0.1) is 11.3 Å². The van der Waals surface area contributed by atoms with Crippen molar-refractivity contribution in [1.29, 1.82) is 0 Å². The number of benzene rings is 1. The molecule has 2 aliphatic rings. The smallest absolute Gasteiger partial charge is 0.254 e. The largest absolute Gasteiger partial charge is 0.474 e. The maximum atomic E-state index is 11.5. The first-order valence-electron chi connectivity index (χ1n) is 9.79. The van der Waals surface area contributed by atoms with Crippen molar-refractivity contribution in [3.63, 3.8) is 0 Å². The summed E-state index contributed by atoms with van der Waals surface area (Å²) in [7, 11) is 0. The molecule has 0 radical (unpaired) electrons. The molecule has 2 saturated carbocycles. The third-order valence-electron chi connectivity index (χ3n) is 5.90. The van der Waals surface area contributed by atoms with E-state index < -0.39 is 5.91 Å². The predicted octanol–water partition coefficient (Wildman–Crippen LogP) is 4.11. The number of aromatic nitrogens is 2. The summed E-state index contributed by atoms with van der Waals surface area (Å²) in [6, 6.07) is 14.0. The zero-order chi connectivity index (χ0) is 19.8. The van der Waals surface area contributed by atoms with E-state index in [1.165, 1.54) is 0 Å². The van der Waals surface area contributed by atoms with Crippen LogP contribution in [-0.2, 0) is 0 Å². The molecule has 3 N–H and O–H groups in total. The molecule has 2 fully saturated rings. The number of carbonyl (C=O) groups excluding carboxylic acids is 1. The van der Waals surface area contributed by atoms with Crippen molar-refractivity contribution in [2.24, 2.45) is 11.1 Å². The zero-order valence-electron chi connectivity index (χ0n) is 15.9. The lowest BCUT2D eigenvalue weighted by atomic mass is 9.53. The second-order valence-corrected chi connectivity index (χ2v) is 8.88. The monoisotopic (exact) mass is 406 g/mol. The minimum Gasteiger partial charge on any atom is -0.474 e. The van der Waals surface area contributed by atoms with E-state index in [1.807, 2.05) is 18.2 Å². The summed E-state index contributed by atoms with van der Waals surface area (Å²) in [5.41, 5.74) is 8.26. The summed E-state index contributed by atoms with van der Waals surface area (Å²) in [5, 5.41) is 6.66. The van der Waals surface area contributed by atoms with Gasteiger partial charge in [-0.25, -0.2) is 9.97 Å². The van der Waals surface area contributed by atoms with Crippen molar-refractivity contribution in [1.82, 2.24) is 9.97 Å². The van der Waals surface area contributed by atoms with Gasteiger partial charge in [-0.2, -0.15) is 0 Å². The van der Waals surface area contributed by atoms with Gasteiger partial charge in [-0.05, 0) is 43.2 Å². The molecule has 3 aromatic rings. The third-order valence-corrected chi connectivity index (χ3v) is 6.67. The van der Waals surface area contributed by atoms with Crippen molar-refractivity contribution in [3.8, 4) is 17.1 Å². The van der Waals surface area contributed by atoms with Crippen LogP contribution in [0.4, 0.5) is 5.13 Å². The van der Waals surface area contributed by atoms with Gasteiger partial charge in [-0.1, -0.05) is 30.3 Å². The number of carbonyl (C=O) groups is 1. The van der Waals surface area contributed by atoms with E-state index in [4.69, 9.17) is 15.5 Å². The van der Waals surface area contributed by atoms with Gasteiger partial charge in [0, 0.05) is 23.2 Å². The maximum Gasteiger partial charge on any atom is 0.254 e. The van der Waals surface area contributed by atoms with Crippen LogP contribution in [0.2, 0.25) is 0 Å². The average Bonchev–Trinajstić information content (AvgIpc) is 3.14. The number of thiazole rings is 1. The second-order valence-electron chi connectivity index (χ2n) is 8.02. The number of nitrogens with one attached hydrogen (secondary N) is 1. The number of nitrogens with two attached hydrogens (primary N) is 1. The molecule has 0 aliphatic heterocycles. The molecule has 2 aliphatic carbocycles. The van der Waals surface area contributed by atoms with Gasteiger partial charge in [0.1, 0.15) is 11.7 Å². The molecule has 6 nitrogen and oxygen atoms in total. The molecule has 5 rings (SSSR count). The van der Waals surface area contributed by atoms with Gasteiger partial charge in [0.2, 0.25) is 5.88 Å². The number of nitrogens with zero attached hydrogens (tertiary/aromatic N) is 2. The number of ether oxygens (including phenoxy) is 1. The van der Waals surface area contributed by atoms with Crippen LogP contribution in [0.1, 0.15) is 36.0 Å². The quantitative estimate of drug-likeness (QED) is 0.643. The van der Waals surface area contributed by atoms with Crippen LogP contribution >= 0.6 is 11.3 Å². The van der Waals surface area contributed by atoms with Crippen LogP contribution in [0.5, 0.6) is 5.88 Å². The molecule has 29 heavy (non-hydrogen) atoms. The molecule has 1 spiro atoms. The van der Waals surface area contributed by atoms with E-state index >= 15 is 0 Å².